The Labute approximate surface area is 197 Å². The summed E-state index contributed by atoms with van der Waals surface area (Å²) in [6.07, 6.45) is 4.16. The van der Waals surface area contributed by atoms with Crippen LogP contribution in [0.4, 0.5) is 5.82 Å². The number of rotatable bonds is 9. The number of carbonyl (C=O) groups is 1. The molecule has 4 rings (SSSR count). The quantitative estimate of drug-likeness (QED) is 0.457. The molecule has 0 bridgehead atoms. The second kappa shape index (κ2) is 10.3. The van der Waals surface area contributed by atoms with Gasteiger partial charge in [-0.05, 0) is 61.4 Å². The number of pyridine rings is 1. The molecule has 1 aromatic carbocycles. The van der Waals surface area contributed by atoms with Crippen molar-refractivity contribution >= 4 is 27.5 Å². The standard InChI is InChI=1S/C25H29BrN4O2/c1-17(31)13-20(19-5-3-7-21(26)14-19)15-23-16-24(30(2)29-23)32-12-10-22-9-8-18-6-4-11-27-25(18)28-22/h3,5,7-9,14,16,20H,4,6,10-13,15H2,1-2H3,(H,27,28)/t20-/m1/s1. The molecule has 0 radical (unpaired) electrons. The molecular weight excluding hydrogens is 468 g/mol. The van der Waals surface area contributed by atoms with Crippen molar-refractivity contribution in [1.29, 1.82) is 0 Å². The minimum Gasteiger partial charge on any atom is -0.477 e. The number of hydrogen-bond acceptors (Lipinski definition) is 5. The average molecular weight is 497 g/mol. The maximum atomic E-state index is 11.9. The van der Waals surface area contributed by atoms with Crippen molar-refractivity contribution in [2.75, 3.05) is 18.5 Å². The first-order chi connectivity index (χ1) is 15.5. The fourth-order valence-electron chi connectivity index (χ4n) is 4.18. The molecule has 6 nitrogen and oxygen atoms in total. The summed E-state index contributed by atoms with van der Waals surface area (Å²) in [5, 5.41) is 8.01. The van der Waals surface area contributed by atoms with Gasteiger partial charge >= 0.3 is 0 Å². The normalized spacial score (nSPS) is 13.8. The van der Waals surface area contributed by atoms with E-state index in [4.69, 9.17) is 9.72 Å². The molecule has 0 saturated carbocycles. The summed E-state index contributed by atoms with van der Waals surface area (Å²) in [5.74, 6) is 2.00. The van der Waals surface area contributed by atoms with E-state index in [1.807, 2.05) is 25.2 Å². The van der Waals surface area contributed by atoms with Crippen molar-refractivity contribution in [3.05, 3.63) is 69.5 Å². The second-order valence-corrected chi connectivity index (χ2v) is 9.31. The molecule has 3 heterocycles. The molecule has 7 heteroatoms. The van der Waals surface area contributed by atoms with Gasteiger partial charge in [-0.3, -0.25) is 0 Å². The lowest BCUT2D eigenvalue weighted by Crippen LogP contribution is -2.14. The van der Waals surface area contributed by atoms with Gasteiger partial charge in [-0.15, -0.1) is 0 Å². The Morgan fingerprint density at radius 2 is 2.12 bits per heavy atom. The van der Waals surface area contributed by atoms with Gasteiger partial charge in [-0.25, -0.2) is 9.67 Å². The average Bonchev–Trinajstić information content (AvgIpc) is 3.12. The maximum Gasteiger partial charge on any atom is 0.211 e. The number of aromatic nitrogens is 3. The van der Waals surface area contributed by atoms with Crippen molar-refractivity contribution in [2.24, 2.45) is 7.05 Å². The van der Waals surface area contributed by atoms with E-state index in [1.165, 1.54) is 5.56 Å². The van der Waals surface area contributed by atoms with Gasteiger partial charge in [0.05, 0.1) is 12.3 Å². The molecule has 0 saturated heterocycles. The molecule has 3 aromatic rings. The smallest absolute Gasteiger partial charge is 0.211 e. The summed E-state index contributed by atoms with van der Waals surface area (Å²) in [5.41, 5.74) is 4.37. The maximum absolute atomic E-state index is 11.9. The van der Waals surface area contributed by atoms with Gasteiger partial charge < -0.3 is 14.8 Å². The minimum atomic E-state index is 0.0833. The fraction of sp³-hybridized carbons (Fsp3) is 0.400. The van der Waals surface area contributed by atoms with E-state index in [0.717, 1.165) is 58.9 Å². The number of fused-ring (bicyclic) bond motifs is 1. The summed E-state index contributed by atoms with van der Waals surface area (Å²) in [6, 6.07) is 14.4. The number of carbonyl (C=O) groups excluding carboxylic acids is 1. The van der Waals surface area contributed by atoms with Gasteiger partial charge in [0.25, 0.3) is 0 Å². The number of anilines is 1. The lowest BCUT2D eigenvalue weighted by Gasteiger charge is -2.17. The Morgan fingerprint density at radius 3 is 2.94 bits per heavy atom. The Morgan fingerprint density at radius 1 is 1.25 bits per heavy atom. The molecular formula is C25H29BrN4O2. The van der Waals surface area contributed by atoms with Crippen LogP contribution in [0.3, 0.4) is 0 Å². The van der Waals surface area contributed by atoms with E-state index >= 15 is 0 Å². The second-order valence-electron chi connectivity index (χ2n) is 8.40. The number of Topliss-reactive ketones (excluding diaryl/α,β-unsaturated/α-hetero) is 1. The monoisotopic (exact) mass is 496 g/mol. The van der Waals surface area contributed by atoms with Crippen molar-refractivity contribution in [3.63, 3.8) is 0 Å². The summed E-state index contributed by atoms with van der Waals surface area (Å²) >= 11 is 3.53. The van der Waals surface area contributed by atoms with Gasteiger partial charge in [-0.1, -0.05) is 34.1 Å². The summed E-state index contributed by atoms with van der Waals surface area (Å²) < 4.78 is 8.80. The van der Waals surface area contributed by atoms with E-state index in [-0.39, 0.29) is 11.7 Å². The number of ketones is 1. The first-order valence-electron chi connectivity index (χ1n) is 11.1. The predicted molar refractivity (Wildman–Crippen MR) is 129 cm³/mol. The predicted octanol–water partition coefficient (Wildman–Crippen LogP) is 4.86. The summed E-state index contributed by atoms with van der Waals surface area (Å²) in [4.78, 5) is 16.6. The first kappa shape index (κ1) is 22.5. The van der Waals surface area contributed by atoms with Gasteiger partial charge in [-0.2, -0.15) is 5.10 Å². The summed E-state index contributed by atoms with van der Waals surface area (Å²) in [6.45, 7) is 3.16. The Balaban J connectivity index is 1.39. The molecule has 0 fully saturated rings. The van der Waals surface area contributed by atoms with E-state index in [0.29, 0.717) is 19.4 Å². The molecule has 32 heavy (non-hydrogen) atoms. The zero-order valence-electron chi connectivity index (χ0n) is 18.6. The number of halogens is 1. The highest BCUT2D eigenvalue weighted by Crippen LogP contribution is 2.28. The van der Waals surface area contributed by atoms with Gasteiger partial charge in [0.15, 0.2) is 0 Å². The third kappa shape index (κ3) is 5.76. The topological polar surface area (TPSA) is 69.0 Å². The van der Waals surface area contributed by atoms with E-state index in [2.05, 4.69) is 50.6 Å². The summed E-state index contributed by atoms with van der Waals surface area (Å²) in [7, 11) is 1.89. The molecule has 0 aliphatic carbocycles. The Bertz CT molecular complexity index is 1100. The molecule has 0 amide bonds. The van der Waals surface area contributed by atoms with Crippen molar-refractivity contribution in [2.45, 2.75) is 44.9 Å². The number of ether oxygens (including phenoxy) is 1. The zero-order valence-corrected chi connectivity index (χ0v) is 20.2. The van der Waals surface area contributed by atoms with Crippen LogP contribution in [-0.4, -0.2) is 33.7 Å². The molecule has 0 unspecified atom stereocenters. The van der Waals surface area contributed by atoms with Crippen LogP contribution in [0.5, 0.6) is 5.88 Å². The van der Waals surface area contributed by atoms with Crippen LogP contribution >= 0.6 is 15.9 Å². The molecule has 1 aliphatic rings. The number of hydrogen-bond donors (Lipinski definition) is 1. The van der Waals surface area contributed by atoms with E-state index in [1.54, 1.807) is 11.6 Å². The van der Waals surface area contributed by atoms with Crippen molar-refractivity contribution in [1.82, 2.24) is 14.8 Å². The number of benzene rings is 1. The van der Waals surface area contributed by atoms with Crippen LogP contribution in [0.1, 0.15) is 48.2 Å². The van der Waals surface area contributed by atoms with Crippen LogP contribution in [0.25, 0.3) is 0 Å². The molecule has 1 atom stereocenters. The van der Waals surface area contributed by atoms with Crippen LogP contribution in [0.15, 0.2) is 46.9 Å². The molecule has 2 aromatic heterocycles. The lowest BCUT2D eigenvalue weighted by molar-refractivity contribution is -0.117. The SMILES string of the molecule is CC(=O)C[C@H](Cc1cc(OCCc2ccc3c(n2)NCCC3)n(C)n1)c1cccc(Br)c1. The number of nitrogens with one attached hydrogen (secondary N) is 1. The highest BCUT2D eigenvalue weighted by Gasteiger charge is 2.18. The first-order valence-corrected chi connectivity index (χ1v) is 11.9. The van der Waals surface area contributed by atoms with Crippen LogP contribution in [-0.2, 0) is 31.1 Å². The van der Waals surface area contributed by atoms with Gasteiger partial charge in [0.1, 0.15) is 11.6 Å². The molecule has 1 N–H and O–H groups in total. The zero-order chi connectivity index (χ0) is 22.5. The van der Waals surface area contributed by atoms with E-state index < -0.39 is 0 Å². The Kier molecular flexibility index (Phi) is 7.25. The number of nitrogens with zero attached hydrogens (tertiary/aromatic N) is 3. The van der Waals surface area contributed by atoms with Gasteiger partial charge in [0.2, 0.25) is 5.88 Å². The van der Waals surface area contributed by atoms with Gasteiger partial charge in [0, 0.05) is 42.7 Å². The Hall–Kier alpha value is -2.67. The molecule has 1 aliphatic heterocycles. The fourth-order valence-corrected chi connectivity index (χ4v) is 4.59. The molecule has 168 valence electrons. The number of aryl methyl sites for hydroxylation is 2. The van der Waals surface area contributed by atoms with Crippen molar-refractivity contribution in [3.8, 4) is 5.88 Å². The van der Waals surface area contributed by atoms with Crippen LogP contribution in [0.2, 0.25) is 0 Å². The highest BCUT2D eigenvalue weighted by atomic mass is 79.9. The van der Waals surface area contributed by atoms with Crippen LogP contribution in [0, 0.1) is 0 Å². The third-order valence-electron chi connectivity index (χ3n) is 5.76. The third-order valence-corrected chi connectivity index (χ3v) is 6.25. The lowest BCUT2D eigenvalue weighted by atomic mass is 9.90. The minimum absolute atomic E-state index is 0.0833. The molecule has 0 spiro atoms. The van der Waals surface area contributed by atoms with Crippen LogP contribution < -0.4 is 10.1 Å². The largest absolute Gasteiger partial charge is 0.477 e. The van der Waals surface area contributed by atoms with E-state index in [9.17, 15) is 4.79 Å². The highest BCUT2D eigenvalue weighted by molar-refractivity contribution is 9.10. The van der Waals surface area contributed by atoms with Crippen molar-refractivity contribution < 1.29 is 9.53 Å².